The van der Waals surface area contributed by atoms with E-state index in [1.807, 2.05) is 30.3 Å². The van der Waals surface area contributed by atoms with Crippen LogP contribution in [0.3, 0.4) is 0 Å². The lowest BCUT2D eigenvalue weighted by Crippen LogP contribution is -2.34. The first kappa shape index (κ1) is 19.1. The van der Waals surface area contributed by atoms with Gasteiger partial charge < -0.3 is 15.4 Å². The number of carbonyl (C=O) groups excluding carboxylic acids is 2. The van der Waals surface area contributed by atoms with Crippen molar-refractivity contribution >= 4 is 17.5 Å². The second kappa shape index (κ2) is 9.32. The van der Waals surface area contributed by atoms with Gasteiger partial charge in [-0.15, -0.1) is 0 Å². The molecule has 2 N–H and O–H groups in total. The fourth-order valence-corrected chi connectivity index (χ4v) is 2.52. The Balaban J connectivity index is 1.55. The molecule has 2 amide bonds. The minimum Gasteiger partial charge on any atom is -0.455 e. The molecule has 0 heterocycles. The number of rotatable bonds is 7. The van der Waals surface area contributed by atoms with Crippen LogP contribution < -0.4 is 15.4 Å². The largest absolute Gasteiger partial charge is 0.455 e. The molecule has 0 atom stereocenters. The molecule has 0 fully saturated rings. The van der Waals surface area contributed by atoms with Crippen molar-refractivity contribution in [3.05, 3.63) is 90.2 Å². The van der Waals surface area contributed by atoms with E-state index in [-0.39, 0.29) is 18.5 Å². The third-order valence-corrected chi connectivity index (χ3v) is 3.89. The number of carbonyl (C=O) groups is 2. The van der Waals surface area contributed by atoms with Gasteiger partial charge in [-0.1, -0.05) is 48.5 Å². The van der Waals surface area contributed by atoms with Crippen LogP contribution in [-0.4, -0.2) is 18.4 Å². The molecule has 28 heavy (non-hydrogen) atoms. The van der Waals surface area contributed by atoms with Crippen LogP contribution in [0.2, 0.25) is 0 Å². The number of halogens is 1. The summed E-state index contributed by atoms with van der Waals surface area (Å²) in [7, 11) is 0. The van der Waals surface area contributed by atoms with E-state index in [4.69, 9.17) is 4.74 Å². The van der Waals surface area contributed by atoms with Crippen molar-refractivity contribution < 1.29 is 18.7 Å². The van der Waals surface area contributed by atoms with Crippen molar-refractivity contribution in [2.24, 2.45) is 0 Å². The highest BCUT2D eigenvalue weighted by Crippen LogP contribution is 2.28. The molecule has 0 aromatic heterocycles. The Kier molecular flexibility index (Phi) is 6.36. The number of para-hydroxylation sites is 3. The van der Waals surface area contributed by atoms with Gasteiger partial charge in [0.1, 0.15) is 11.6 Å². The van der Waals surface area contributed by atoms with E-state index >= 15 is 0 Å². The normalized spacial score (nSPS) is 10.2. The highest BCUT2D eigenvalue weighted by atomic mass is 19.1. The molecule has 0 aliphatic carbocycles. The number of benzene rings is 3. The van der Waals surface area contributed by atoms with Crippen molar-refractivity contribution in [1.29, 1.82) is 0 Å². The van der Waals surface area contributed by atoms with Gasteiger partial charge in [-0.2, -0.15) is 0 Å². The molecule has 3 aromatic rings. The topological polar surface area (TPSA) is 67.4 Å². The zero-order valence-electron chi connectivity index (χ0n) is 15.0. The number of amides is 2. The fraction of sp³-hybridized carbons (Fsp3) is 0.0909. The SMILES string of the molecule is O=C(Cc1ccccc1F)NCC(=O)Nc1ccccc1Oc1ccccc1. The summed E-state index contributed by atoms with van der Waals surface area (Å²) in [5.74, 6) is -0.170. The van der Waals surface area contributed by atoms with Crippen LogP contribution in [-0.2, 0) is 16.0 Å². The molecular formula is C22H19FN2O3. The maximum Gasteiger partial charge on any atom is 0.243 e. The third-order valence-electron chi connectivity index (χ3n) is 3.89. The molecular weight excluding hydrogens is 359 g/mol. The Morgan fingerprint density at radius 3 is 2.29 bits per heavy atom. The molecule has 0 saturated carbocycles. The lowest BCUT2D eigenvalue weighted by atomic mass is 10.1. The van der Waals surface area contributed by atoms with Gasteiger partial charge in [0.15, 0.2) is 5.75 Å². The third kappa shape index (κ3) is 5.41. The van der Waals surface area contributed by atoms with Crippen LogP contribution in [0.25, 0.3) is 0 Å². The molecule has 0 aliphatic rings. The quantitative estimate of drug-likeness (QED) is 0.655. The van der Waals surface area contributed by atoms with Crippen LogP contribution in [0.15, 0.2) is 78.9 Å². The van der Waals surface area contributed by atoms with Crippen molar-refractivity contribution in [2.45, 2.75) is 6.42 Å². The van der Waals surface area contributed by atoms with E-state index in [0.717, 1.165) is 0 Å². The Morgan fingerprint density at radius 1 is 0.821 bits per heavy atom. The number of nitrogens with one attached hydrogen (secondary N) is 2. The molecule has 3 rings (SSSR count). The Labute approximate surface area is 162 Å². The highest BCUT2D eigenvalue weighted by Gasteiger charge is 2.11. The van der Waals surface area contributed by atoms with E-state index in [9.17, 15) is 14.0 Å². The van der Waals surface area contributed by atoms with Crippen LogP contribution >= 0.6 is 0 Å². The number of hydrogen-bond acceptors (Lipinski definition) is 3. The van der Waals surface area contributed by atoms with Crippen LogP contribution in [0.5, 0.6) is 11.5 Å². The smallest absolute Gasteiger partial charge is 0.243 e. The Hall–Kier alpha value is -3.67. The maximum absolute atomic E-state index is 13.6. The molecule has 0 bridgehead atoms. The van der Waals surface area contributed by atoms with Gasteiger partial charge in [-0.3, -0.25) is 9.59 Å². The molecule has 0 aliphatic heterocycles. The van der Waals surface area contributed by atoms with Crippen LogP contribution in [0.4, 0.5) is 10.1 Å². The van der Waals surface area contributed by atoms with Gasteiger partial charge in [0.05, 0.1) is 18.7 Å². The van der Waals surface area contributed by atoms with E-state index < -0.39 is 17.6 Å². The minimum atomic E-state index is -0.450. The number of anilines is 1. The summed E-state index contributed by atoms with van der Waals surface area (Å²) in [5.41, 5.74) is 0.765. The van der Waals surface area contributed by atoms with E-state index in [1.165, 1.54) is 12.1 Å². The van der Waals surface area contributed by atoms with Gasteiger partial charge >= 0.3 is 0 Å². The van der Waals surface area contributed by atoms with Gasteiger partial charge in [0, 0.05) is 0 Å². The summed E-state index contributed by atoms with van der Waals surface area (Å²) in [6, 6.07) is 22.2. The van der Waals surface area contributed by atoms with Crippen molar-refractivity contribution in [3.8, 4) is 11.5 Å². The van der Waals surface area contributed by atoms with E-state index in [2.05, 4.69) is 10.6 Å². The molecule has 5 nitrogen and oxygen atoms in total. The first-order valence-corrected chi connectivity index (χ1v) is 8.74. The fourth-order valence-electron chi connectivity index (χ4n) is 2.52. The predicted octanol–water partition coefficient (Wildman–Crippen LogP) is 3.92. The second-order valence-corrected chi connectivity index (χ2v) is 6.00. The van der Waals surface area contributed by atoms with Crippen molar-refractivity contribution in [1.82, 2.24) is 5.32 Å². The van der Waals surface area contributed by atoms with Gasteiger partial charge in [0.25, 0.3) is 0 Å². The van der Waals surface area contributed by atoms with Gasteiger partial charge in [-0.25, -0.2) is 4.39 Å². The van der Waals surface area contributed by atoms with Crippen LogP contribution in [0, 0.1) is 5.82 Å². The van der Waals surface area contributed by atoms with Crippen molar-refractivity contribution in [3.63, 3.8) is 0 Å². The zero-order chi connectivity index (χ0) is 19.8. The first-order valence-electron chi connectivity index (χ1n) is 8.74. The molecule has 3 aromatic carbocycles. The predicted molar refractivity (Wildman–Crippen MR) is 105 cm³/mol. The Bertz CT molecular complexity index is 961. The van der Waals surface area contributed by atoms with Crippen molar-refractivity contribution in [2.75, 3.05) is 11.9 Å². The molecule has 0 radical (unpaired) electrons. The second-order valence-electron chi connectivity index (χ2n) is 6.00. The molecule has 0 saturated heterocycles. The summed E-state index contributed by atoms with van der Waals surface area (Å²) in [4.78, 5) is 24.1. The first-order chi connectivity index (χ1) is 13.6. The summed E-state index contributed by atoms with van der Waals surface area (Å²) < 4.78 is 19.4. The molecule has 0 unspecified atom stereocenters. The molecule has 0 spiro atoms. The lowest BCUT2D eigenvalue weighted by molar-refractivity contribution is -0.123. The molecule has 6 heteroatoms. The summed E-state index contributed by atoms with van der Waals surface area (Å²) in [6.07, 6.45) is -0.131. The monoisotopic (exact) mass is 378 g/mol. The lowest BCUT2D eigenvalue weighted by Gasteiger charge is -2.12. The minimum absolute atomic E-state index is 0.131. The zero-order valence-corrected chi connectivity index (χ0v) is 15.0. The van der Waals surface area contributed by atoms with Gasteiger partial charge in [-0.05, 0) is 35.9 Å². The number of hydrogen-bond donors (Lipinski definition) is 2. The maximum atomic E-state index is 13.6. The highest BCUT2D eigenvalue weighted by molar-refractivity contribution is 5.95. The van der Waals surface area contributed by atoms with Gasteiger partial charge in [0.2, 0.25) is 11.8 Å². The summed E-state index contributed by atoms with van der Waals surface area (Å²) in [5, 5.41) is 5.20. The summed E-state index contributed by atoms with van der Waals surface area (Å²) >= 11 is 0. The standard InChI is InChI=1S/C22H19FN2O3/c23-18-11-5-4-8-16(18)14-21(26)24-15-22(27)25-19-12-6-7-13-20(19)28-17-9-2-1-3-10-17/h1-13H,14-15H2,(H,24,26)(H,25,27). The Morgan fingerprint density at radius 2 is 1.50 bits per heavy atom. The molecule has 142 valence electrons. The average Bonchev–Trinajstić information content (AvgIpc) is 2.70. The number of ether oxygens (including phenoxy) is 1. The average molecular weight is 378 g/mol. The van der Waals surface area contributed by atoms with E-state index in [0.29, 0.717) is 17.2 Å². The van der Waals surface area contributed by atoms with Crippen LogP contribution in [0.1, 0.15) is 5.56 Å². The van der Waals surface area contributed by atoms with E-state index in [1.54, 1.807) is 36.4 Å². The summed E-state index contributed by atoms with van der Waals surface area (Å²) in [6.45, 7) is -0.229.